The zero-order valence-electron chi connectivity index (χ0n) is 10.2. The Morgan fingerprint density at radius 2 is 2.06 bits per heavy atom. The fraction of sp³-hybridized carbons (Fsp3) is 0.385. The van der Waals surface area contributed by atoms with Crippen molar-refractivity contribution in [1.29, 1.82) is 0 Å². The van der Waals surface area contributed by atoms with Crippen LogP contribution in [-0.2, 0) is 16.0 Å². The molecule has 2 rings (SSSR count). The Bertz CT molecular complexity index is 458. The number of nitrogens with zero attached hydrogens (tertiary/aromatic N) is 1. The molecule has 0 saturated carbocycles. The lowest BCUT2D eigenvalue weighted by Gasteiger charge is -2.19. The average Bonchev–Trinajstić information content (AvgIpc) is 2.43. The van der Waals surface area contributed by atoms with E-state index in [0.717, 1.165) is 17.1 Å². The number of aldehydes is 1. The number of hydrogen-bond donors (Lipinski definition) is 0. The number of amides is 1. The zero-order chi connectivity index (χ0) is 13.0. The van der Waals surface area contributed by atoms with Crippen LogP contribution < -0.4 is 9.47 Å². The van der Waals surface area contributed by atoms with E-state index in [-0.39, 0.29) is 0 Å². The van der Waals surface area contributed by atoms with Gasteiger partial charge in [0, 0.05) is 13.6 Å². The largest absolute Gasteiger partial charge is 0.486 e. The van der Waals surface area contributed by atoms with Gasteiger partial charge in [0.05, 0.1) is 0 Å². The molecule has 1 aromatic rings. The number of ether oxygens (including phenoxy) is 2. The molecule has 1 aliphatic rings. The molecule has 1 amide bonds. The van der Waals surface area contributed by atoms with Crippen molar-refractivity contribution in [3.63, 3.8) is 0 Å². The number of carbonyl (C=O) groups excluding carboxylic acids is 2. The highest BCUT2D eigenvalue weighted by atomic mass is 16.6. The molecular weight excluding hydrogens is 234 g/mol. The number of carbonyl (C=O) groups is 2. The summed E-state index contributed by atoms with van der Waals surface area (Å²) >= 11 is 0. The number of fused-ring (bicyclic) bond motifs is 1. The van der Waals surface area contributed by atoms with E-state index in [4.69, 9.17) is 9.47 Å². The summed E-state index contributed by atoms with van der Waals surface area (Å²) in [5.74, 6) is 0.984. The highest BCUT2D eigenvalue weighted by Gasteiger charge is 2.12. The number of rotatable bonds is 4. The summed E-state index contributed by atoms with van der Waals surface area (Å²) in [5.41, 5.74) is 1.05. The topological polar surface area (TPSA) is 55.8 Å². The first-order valence-electron chi connectivity index (χ1n) is 5.79. The van der Waals surface area contributed by atoms with Gasteiger partial charge in [-0.3, -0.25) is 9.59 Å². The van der Waals surface area contributed by atoms with E-state index < -0.39 is 5.91 Å². The van der Waals surface area contributed by atoms with E-state index in [1.165, 1.54) is 4.90 Å². The minimum Gasteiger partial charge on any atom is -0.486 e. The molecule has 1 heterocycles. The molecule has 0 atom stereocenters. The van der Waals surface area contributed by atoms with Crippen molar-refractivity contribution in [3.05, 3.63) is 23.8 Å². The molecule has 1 aliphatic heterocycles. The molecule has 96 valence electrons. The zero-order valence-corrected chi connectivity index (χ0v) is 10.2. The van der Waals surface area contributed by atoms with Crippen LogP contribution in [-0.4, -0.2) is 43.9 Å². The molecular formula is C13H15NO4. The summed E-state index contributed by atoms with van der Waals surface area (Å²) in [4.78, 5) is 22.8. The van der Waals surface area contributed by atoms with Crippen molar-refractivity contribution < 1.29 is 19.1 Å². The normalized spacial score (nSPS) is 12.9. The first kappa shape index (κ1) is 12.4. The number of hydrogen-bond acceptors (Lipinski definition) is 4. The van der Waals surface area contributed by atoms with Gasteiger partial charge in [-0.15, -0.1) is 0 Å². The first-order valence-corrected chi connectivity index (χ1v) is 5.79. The standard InChI is InChI=1S/C13H15NO4/c1-14(13(16)9-15)5-4-10-2-3-11-12(8-10)18-7-6-17-11/h2-3,8-9H,4-7H2,1H3. The third-order valence-electron chi connectivity index (χ3n) is 2.82. The van der Waals surface area contributed by atoms with Crippen molar-refractivity contribution in [1.82, 2.24) is 4.90 Å². The maximum Gasteiger partial charge on any atom is 0.286 e. The van der Waals surface area contributed by atoms with Gasteiger partial charge >= 0.3 is 0 Å². The second-order valence-corrected chi connectivity index (χ2v) is 4.11. The van der Waals surface area contributed by atoms with Crippen LogP contribution in [0.15, 0.2) is 18.2 Å². The molecule has 5 nitrogen and oxygen atoms in total. The van der Waals surface area contributed by atoms with Gasteiger partial charge in [0.25, 0.3) is 5.91 Å². The second-order valence-electron chi connectivity index (χ2n) is 4.11. The van der Waals surface area contributed by atoms with Crippen molar-refractivity contribution in [3.8, 4) is 11.5 Å². The third-order valence-corrected chi connectivity index (χ3v) is 2.82. The van der Waals surface area contributed by atoms with Gasteiger partial charge in [0.2, 0.25) is 6.29 Å². The highest BCUT2D eigenvalue weighted by Crippen LogP contribution is 2.30. The molecule has 0 N–H and O–H groups in total. The molecule has 5 heteroatoms. The van der Waals surface area contributed by atoms with Crippen molar-refractivity contribution in [2.45, 2.75) is 6.42 Å². The van der Waals surface area contributed by atoms with Gasteiger partial charge in [0.15, 0.2) is 11.5 Å². The Balaban J connectivity index is 1.97. The summed E-state index contributed by atoms with van der Waals surface area (Å²) < 4.78 is 10.9. The number of benzene rings is 1. The van der Waals surface area contributed by atoms with Crippen LogP contribution in [0.5, 0.6) is 11.5 Å². The summed E-state index contributed by atoms with van der Waals surface area (Å²) in [6.07, 6.45) is 0.997. The van der Waals surface area contributed by atoms with Crippen LogP contribution in [0.1, 0.15) is 5.56 Å². The molecule has 0 bridgehead atoms. The molecule has 0 fully saturated rings. The Morgan fingerprint density at radius 1 is 1.33 bits per heavy atom. The van der Waals surface area contributed by atoms with E-state index in [9.17, 15) is 9.59 Å². The van der Waals surface area contributed by atoms with Gasteiger partial charge in [-0.25, -0.2) is 0 Å². The molecule has 0 saturated heterocycles. The molecule has 0 radical (unpaired) electrons. The predicted molar refractivity (Wildman–Crippen MR) is 64.8 cm³/mol. The van der Waals surface area contributed by atoms with Gasteiger partial charge < -0.3 is 14.4 Å². The molecule has 0 unspecified atom stereocenters. The Labute approximate surface area is 105 Å². The Morgan fingerprint density at radius 3 is 2.78 bits per heavy atom. The lowest BCUT2D eigenvalue weighted by atomic mass is 10.1. The maximum atomic E-state index is 11.1. The quantitative estimate of drug-likeness (QED) is 0.581. The predicted octanol–water partition coefficient (Wildman–Crippen LogP) is 0.658. The lowest BCUT2D eigenvalue weighted by molar-refractivity contribution is -0.137. The smallest absolute Gasteiger partial charge is 0.286 e. The molecule has 0 aliphatic carbocycles. The van der Waals surface area contributed by atoms with Crippen LogP contribution in [0.2, 0.25) is 0 Å². The lowest BCUT2D eigenvalue weighted by Crippen LogP contribution is -2.29. The van der Waals surface area contributed by atoms with Gasteiger partial charge in [0.1, 0.15) is 13.2 Å². The van der Waals surface area contributed by atoms with E-state index in [2.05, 4.69) is 0 Å². The van der Waals surface area contributed by atoms with Crippen LogP contribution >= 0.6 is 0 Å². The number of likely N-dealkylation sites (N-methyl/N-ethyl adjacent to an activating group) is 1. The third kappa shape index (κ3) is 2.80. The summed E-state index contributed by atoms with van der Waals surface area (Å²) in [6, 6.07) is 5.71. The van der Waals surface area contributed by atoms with Gasteiger partial charge in [-0.05, 0) is 24.1 Å². The summed E-state index contributed by atoms with van der Waals surface area (Å²) in [7, 11) is 1.61. The van der Waals surface area contributed by atoms with Gasteiger partial charge in [-0.1, -0.05) is 6.07 Å². The maximum absolute atomic E-state index is 11.1. The molecule has 0 spiro atoms. The Kier molecular flexibility index (Phi) is 3.82. The van der Waals surface area contributed by atoms with Crippen molar-refractivity contribution in [2.24, 2.45) is 0 Å². The summed E-state index contributed by atoms with van der Waals surface area (Å²) in [5, 5.41) is 0. The monoisotopic (exact) mass is 249 g/mol. The fourth-order valence-corrected chi connectivity index (χ4v) is 1.74. The van der Waals surface area contributed by atoms with Crippen molar-refractivity contribution >= 4 is 12.2 Å². The van der Waals surface area contributed by atoms with E-state index in [1.807, 2.05) is 18.2 Å². The van der Waals surface area contributed by atoms with Crippen LogP contribution in [0, 0.1) is 0 Å². The van der Waals surface area contributed by atoms with Crippen LogP contribution in [0.25, 0.3) is 0 Å². The molecule has 0 aromatic heterocycles. The SMILES string of the molecule is CN(CCc1ccc2c(c1)OCCO2)C(=O)C=O. The van der Waals surface area contributed by atoms with E-state index in [0.29, 0.717) is 32.5 Å². The molecule has 1 aromatic carbocycles. The summed E-state index contributed by atoms with van der Waals surface area (Å²) in [6.45, 7) is 1.63. The van der Waals surface area contributed by atoms with E-state index >= 15 is 0 Å². The fourth-order valence-electron chi connectivity index (χ4n) is 1.74. The van der Waals surface area contributed by atoms with Gasteiger partial charge in [-0.2, -0.15) is 0 Å². The van der Waals surface area contributed by atoms with Crippen LogP contribution in [0.3, 0.4) is 0 Å². The van der Waals surface area contributed by atoms with Crippen LogP contribution in [0.4, 0.5) is 0 Å². The Hall–Kier alpha value is -2.04. The molecule has 18 heavy (non-hydrogen) atoms. The average molecular weight is 249 g/mol. The minimum atomic E-state index is -0.507. The second kappa shape index (κ2) is 5.53. The van der Waals surface area contributed by atoms with Crippen molar-refractivity contribution in [2.75, 3.05) is 26.8 Å². The minimum absolute atomic E-state index is 0.323. The first-order chi connectivity index (χ1) is 8.70. The van der Waals surface area contributed by atoms with E-state index in [1.54, 1.807) is 7.05 Å². The highest BCUT2D eigenvalue weighted by molar-refractivity contribution is 6.23.